The van der Waals surface area contributed by atoms with E-state index < -0.39 is 11.6 Å². The van der Waals surface area contributed by atoms with Crippen LogP contribution in [0.5, 0.6) is 0 Å². The van der Waals surface area contributed by atoms with Crippen molar-refractivity contribution >= 4 is 17.2 Å². The average molecular weight is 201 g/mol. The van der Waals surface area contributed by atoms with Gasteiger partial charge in [0.2, 0.25) is 0 Å². The van der Waals surface area contributed by atoms with Crippen LogP contribution in [-0.2, 0) is 6.42 Å². The zero-order valence-corrected chi connectivity index (χ0v) is 7.92. The van der Waals surface area contributed by atoms with E-state index in [1.54, 1.807) is 0 Å². The van der Waals surface area contributed by atoms with Gasteiger partial charge < -0.3 is 5.73 Å². The summed E-state index contributed by atoms with van der Waals surface area (Å²) in [5, 5.41) is 0. The lowest BCUT2D eigenvalue weighted by atomic mass is 10.1. The first kappa shape index (κ1) is 10.1. The summed E-state index contributed by atoms with van der Waals surface area (Å²) in [6, 6.07) is 2.27. The molecule has 0 unspecified atom stereocenters. The fourth-order valence-corrected chi connectivity index (χ4v) is 1.17. The van der Waals surface area contributed by atoms with Gasteiger partial charge in [0, 0.05) is 6.42 Å². The molecule has 0 spiro atoms. The molecule has 13 heavy (non-hydrogen) atoms. The van der Waals surface area contributed by atoms with Gasteiger partial charge in [0.05, 0.1) is 4.99 Å². The van der Waals surface area contributed by atoms with Gasteiger partial charge in [0.25, 0.3) is 0 Å². The first-order chi connectivity index (χ1) is 6.00. The summed E-state index contributed by atoms with van der Waals surface area (Å²) in [6.07, 6.45) is 0.0956. The Morgan fingerprint density at radius 3 is 2.54 bits per heavy atom. The summed E-state index contributed by atoms with van der Waals surface area (Å²) in [4.78, 5) is 0.155. The van der Waals surface area contributed by atoms with Crippen LogP contribution in [0.4, 0.5) is 8.78 Å². The van der Waals surface area contributed by atoms with Crippen molar-refractivity contribution in [2.75, 3.05) is 0 Å². The lowest BCUT2D eigenvalue weighted by molar-refractivity contribution is 0.583. The number of halogens is 2. The molecule has 2 N–H and O–H groups in total. The third-order valence-corrected chi connectivity index (χ3v) is 1.84. The Bertz CT molecular complexity index is 350. The Morgan fingerprint density at radius 1 is 1.38 bits per heavy atom. The second-order valence-corrected chi connectivity index (χ2v) is 3.36. The molecule has 0 atom stereocenters. The number of thiocarbonyl (C=S) groups is 1. The SMILES string of the molecule is Cc1cc(F)c(CC(N)=S)cc1F. The van der Waals surface area contributed by atoms with Crippen LogP contribution in [0, 0.1) is 18.6 Å². The standard InChI is InChI=1S/C9H9F2NS/c1-5-2-8(11)6(3-7(5)10)4-9(12)13/h2-3H,4H2,1H3,(H2,12,13). The van der Waals surface area contributed by atoms with Crippen LogP contribution in [-0.4, -0.2) is 4.99 Å². The van der Waals surface area contributed by atoms with Crippen LogP contribution < -0.4 is 5.73 Å². The second kappa shape index (κ2) is 3.79. The minimum atomic E-state index is -0.466. The summed E-state index contributed by atoms with van der Waals surface area (Å²) in [7, 11) is 0. The number of hydrogen-bond acceptors (Lipinski definition) is 1. The first-order valence-corrected chi connectivity index (χ1v) is 4.14. The molecular weight excluding hydrogens is 192 g/mol. The fourth-order valence-electron chi connectivity index (χ4n) is 1.01. The summed E-state index contributed by atoms with van der Waals surface area (Å²) < 4.78 is 26.1. The number of rotatable bonds is 2. The summed E-state index contributed by atoms with van der Waals surface area (Å²) in [6.45, 7) is 1.50. The average Bonchev–Trinajstić information content (AvgIpc) is 1.99. The molecule has 0 saturated heterocycles. The minimum Gasteiger partial charge on any atom is -0.393 e. The minimum absolute atomic E-state index is 0.0956. The summed E-state index contributed by atoms with van der Waals surface area (Å²) in [5.41, 5.74) is 5.71. The van der Waals surface area contributed by atoms with E-state index in [2.05, 4.69) is 12.2 Å². The highest BCUT2D eigenvalue weighted by molar-refractivity contribution is 7.80. The molecule has 0 radical (unpaired) electrons. The fraction of sp³-hybridized carbons (Fsp3) is 0.222. The molecule has 0 saturated carbocycles. The molecule has 0 bridgehead atoms. The molecule has 1 aromatic carbocycles. The van der Waals surface area contributed by atoms with E-state index in [0.29, 0.717) is 0 Å². The van der Waals surface area contributed by atoms with Gasteiger partial charge in [-0.25, -0.2) is 8.78 Å². The predicted octanol–water partition coefficient (Wildman–Crippen LogP) is 2.10. The molecule has 0 heterocycles. The zero-order chi connectivity index (χ0) is 10.0. The van der Waals surface area contributed by atoms with Crippen molar-refractivity contribution in [3.05, 3.63) is 34.9 Å². The maximum absolute atomic E-state index is 13.1. The van der Waals surface area contributed by atoms with E-state index in [4.69, 9.17) is 5.73 Å². The van der Waals surface area contributed by atoms with Gasteiger partial charge in [0.1, 0.15) is 11.6 Å². The summed E-state index contributed by atoms with van der Waals surface area (Å²) >= 11 is 4.60. The van der Waals surface area contributed by atoms with Crippen molar-refractivity contribution in [1.29, 1.82) is 0 Å². The molecule has 0 amide bonds. The predicted molar refractivity (Wildman–Crippen MR) is 51.6 cm³/mol. The normalized spacial score (nSPS) is 10.1. The zero-order valence-electron chi connectivity index (χ0n) is 7.10. The van der Waals surface area contributed by atoms with Crippen molar-refractivity contribution in [3.63, 3.8) is 0 Å². The molecule has 1 aromatic rings. The first-order valence-electron chi connectivity index (χ1n) is 3.73. The van der Waals surface area contributed by atoms with Crippen LogP contribution in [0.3, 0.4) is 0 Å². The van der Waals surface area contributed by atoms with Crippen LogP contribution in [0.2, 0.25) is 0 Å². The number of hydrogen-bond donors (Lipinski definition) is 1. The third-order valence-electron chi connectivity index (χ3n) is 1.69. The van der Waals surface area contributed by atoms with Crippen LogP contribution in [0.25, 0.3) is 0 Å². The van der Waals surface area contributed by atoms with Crippen LogP contribution in [0.15, 0.2) is 12.1 Å². The van der Waals surface area contributed by atoms with Crippen molar-refractivity contribution < 1.29 is 8.78 Å². The molecule has 0 aliphatic carbocycles. The van der Waals surface area contributed by atoms with Crippen molar-refractivity contribution in [2.45, 2.75) is 13.3 Å². The highest BCUT2D eigenvalue weighted by atomic mass is 32.1. The van der Waals surface area contributed by atoms with E-state index in [-0.39, 0.29) is 22.5 Å². The molecule has 0 fully saturated rings. The number of aryl methyl sites for hydroxylation is 1. The smallest absolute Gasteiger partial charge is 0.127 e. The van der Waals surface area contributed by atoms with E-state index in [0.717, 1.165) is 12.1 Å². The Labute approximate surface area is 80.6 Å². The van der Waals surface area contributed by atoms with Crippen LogP contribution in [0.1, 0.15) is 11.1 Å². The Kier molecular flexibility index (Phi) is 2.93. The molecule has 0 aliphatic rings. The Hall–Kier alpha value is -1.03. The van der Waals surface area contributed by atoms with E-state index >= 15 is 0 Å². The molecule has 1 rings (SSSR count). The van der Waals surface area contributed by atoms with Gasteiger partial charge in [-0.05, 0) is 30.2 Å². The quantitative estimate of drug-likeness (QED) is 0.741. The van der Waals surface area contributed by atoms with Crippen LogP contribution >= 0.6 is 12.2 Å². The lowest BCUT2D eigenvalue weighted by Crippen LogP contribution is -2.12. The molecular formula is C9H9F2NS. The van der Waals surface area contributed by atoms with Crippen molar-refractivity contribution in [2.24, 2.45) is 5.73 Å². The third kappa shape index (κ3) is 2.45. The maximum Gasteiger partial charge on any atom is 0.127 e. The Morgan fingerprint density at radius 2 is 2.00 bits per heavy atom. The second-order valence-electron chi connectivity index (χ2n) is 2.84. The maximum atomic E-state index is 13.1. The van der Waals surface area contributed by atoms with Crippen molar-refractivity contribution in [1.82, 2.24) is 0 Å². The van der Waals surface area contributed by atoms with Gasteiger partial charge in [0.15, 0.2) is 0 Å². The van der Waals surface area contributed by atoms with Crippen molar-refractivity contribution in [3.8, 4) is 0 Å². The molecule has 1 nitrogen and oxygen atoms in total. The highest BCUT2D eigenvalue weighted by Crippen LogP contribution is 2.14. The largest absolute Gasteiger partial charge is 0.393 e. The van der Waals surface area contributed by atoms with Gasteiger partial charge in [-0.2, -0.15) is 0 Å². The van der Waals surface area contributed by atoms with Gasteiger partial charge in [-0.1, -0.05) is 12.2 Å². The molecule has 70 valence electrons. The molecule has 0 aliphatic heterocycles. The monoisotopic (exact) mass is 201 g/mol. The molecule has 4 heteroatoms. The lowest BCUT2D eigenvalue weighted by Gasteiger charge is -2.03. The number of nitrogens with two attached hydrogens (primary N) is 1. The Balaban J connectivity index is 3.08. The van der Waals surface area contributed by atoms with Gasteiger partial charge in [-0.3, -0.25) is 0 Å². The molecule has 0 aromatic heterocycles. The highest BCUT2D eigenvalue weighted by Gasteiger charge is 2.07. The number of benzene rings is 1. The van der Waals surface area contributed by atoms with E-state index in [1.807, 2.05) is 0 Å². The van der Waals surface area contributed by atoms with E-state index in [9.17, 15) is 8.78 Å². The topological polar surface area (TPSA) is 26.0 Å². The summed E-state index contributed by atoms with van der Waals surface area (Å²) in [5.74, 6) is -0.903. The van der Waals surface area contributed by atoms with Gasteiger partial charge in [-0.15, -0.1) is 0 Å². The van der Waals surface area contributed by atoms with E-state index in [1.165, 1.54) is 6.92 Å². The van der Waals surface area contributed by atoms with Gasteiger partial charge >= 0.3 is 0 Å².